The van der Waals surface area contributed by atoms with Gasteiger partial charge in [-0.05, 0) is 11.8 Å². The van der Waals surface area contributed by atoms with Gasteiger partial charge >= 0.3 is 0 Å². The smallest absolute Gasteiger partial charge is 0.144 e. The number of hydrogen-bond donors (Lipinski definition) is 0. The monoisotopic (exact) mass is 192 g/mol. The number of carbonyl (C=O) groups is 1. The van der Waals surface area contributed by atoms with Crippen LogP contribution in [-0.2, 0) is 18.3 Å². The van der Waals surface area contributed by atoms with E-state index in [4.69, 9.17) is 0 Å². The molecule has 1 atom stereocenters. The van der Waals surface area contributed by atoms with E-state index in [-0.39, 0.29) is 11.3 Å². The number of carbonyl (C=O) groups excluding carboxylic acids is 1. The van der Waals surface area contributed by atoms with Gasteiger partial charge in [0.05, 0.1) is 6.42 Å². The largest absolute Gasteiger partial charge is 0.338 e. The summed E-state index contributed by atoms with van der Waals surface area (Å²) in [5, 5.41) is 0. The summed E-state index contributed by atoms with van der Waals surface area (Å²) < 4.78 is 1.91. The maximum absolute atomic E-state index is 11.8. The molecule has 76 valence electrons. The number of hydrogen-bond acceptors (Lipinski definition) is 2. The fourth-order valence-corrected chi connectivity index (χ4v) is 1.86. The average Bonchev–Trinajstić information content (AvgIpc) is 2.54. The lowest BCUT2D eigenvalue weighted by atomic mass is 10.1. The summed E-state index contributed by atoms with van der Waals surface area (Å²) >= 11 is 0. The van der Waals surface area contributed by atoms with Crippen molar-refractivity contribution in [3.63, 3.8) is 0 Å². The molecular formula is C11H16N2O. The minimum Gasteiger partial charge on any atom is -0.338 e. The normalized spacial score (nSPS) is 23.5. The predicted molar refractivity (Wildman–Crippen MR) is 53.8 cm³/mol. The lowest BCUT2D eigenvalue weighted by Gasteiger charge is -2.03. The predicted octanol–water partition coefficient (Wildman–Crippen LogP) is 1.58. The van der Waals surface area contributed by atoms with Gasteiger partial charge < -0.3 is 4.57 Å². The Kier molecular flexibility index (Phi) is 1.98. The van der Waals surface area contributed by atoms with E-state index in [2.05, 4.69) is 18.8 Å². The molecule has 2 rings (SSSR count). The van der Waals surface area contributed by atoms with Crippen LogP contribution in [0, 0.1) is 11.3 Å². The molecule has 1 heterocycles. The Morgan fingerprint density at radius 3 is 2.79 bits per heavy atom. The van der Waals surface area contributed by atoms with E-state index in [9.17, 15) is 4.79 Å². The molecule has 3 heteroatoms. The number of nitrogens with zero attached hydrogens (tertiary/aromatic N) is 2. The van der Waals surface area contributed by atoms with Gasteiger partial charge in [-0.15, -0.1) is 0 Å². The lowest BCUT2D eigenvalue weighted by molar-refractivity contribution is -0.120. The third-order valence-electron chi connectivity index (χ3n) is 3.16. The Bertz CT molecular complexity index is 365. The Labute approximate surface area is 84.1 Å². The fraction of sp³-hybridized carbons (Fsp3) is 0.636. The van der Waals surface area contributed by atoms with E-state index in [1.807, 2.05) is 17.8 Å². The first-order valence-corrected chi connectivity index (χ1v) is 4.99. The summed E-state index contributed by atoms with van der Waals surface area (Å²) in [6, 6.07) is 0. The van der Waals surface area contributed by atoms with Crippen LogP contribution in [-0.4, -0.2) is 15.3 Å². The van der Waals surface area contributed by atoms with E-state index in [0.29, 0.717) is 12.2 Å². The molecule has 0 saturated heterocycles. The Morgan fingerprint density at radius 1 is 1.71 bits per heavy atom. The molecule has 1 fully saturated rings. The summed E-state index contributed by atoms with van der Waals surface area (Å²) in [6.07, 6.45) is 5.13. The molecule has 1 aromatic heterocycles. The molecule has 1 aliphatic carbocycles. The van der Waals surface area contributed by atoms with Crippen molar-refractivity contribution < 1.29 is 4.79 Å². The quantitative estimate of drug-likeness (QED) is 0.728. The number of aryl methyl sites for hydroxylation is 1. The van der Waals surface area contributed by atoms with Crippen molar-refractivity contribution >= 4 is 5.78 Å². The molecule has 1 unspecified atom stereocenters. The van der Waals surface area contributed by atoms with E-state index < -0.39 is 0 Å². The summed E-state index contributed by atoms with van der Waals surface area (Å²) in [5.41, 5.74) is 0.238. The van der Waals surface area contributed by atoms with E-state index in [1.54, 1.807) is 6.20 Å². The second-order valence-electron chi connectivity index (χ2n) is 4.84. The molecule has 0 radical (unpaired) electrons. The Balaban J connectivity index is 2.00. The van der Waals surface area contributed by atoms with Gasteiger partial charge in [0.1, 0.15) is 11.6 Å². The molecule has 1 aromatic rings. The van der Waals surface area contributed by atoms with Gasteiger partial charge in [0.15, 0.2) is 0 Å². The highest BCUT2D eigenvalue weighted by Crippen LogP contribution is 2.52. The highest BCUT2D eigenvalue weighted by molar-refractivity contribution is 5.85. The van der Waals surface area contributed by atoms with Crippen molar-refractivity contribution in [3.05, 3.63) is 18.2 Å². The average molecular weight is 192 g/mol. The van der Waals surface area contributed by atoms with Gasteiger partial charge in [-0.1, -0.05) is 13.8 Å². The van der Waals surface area contributed by atoms with Gasteiger partial charge in [0, 0.05) is 25.4 Å². The van der Waals surface area contributed by atoms with Gasteiger partial charge in [-0.25, -0.2) is 4.98 Å². The minimum atomic E-state index is 0.238. The van der Waals surface area contributed by atoms with Crippen LogP contribution in [0.3, 0.4) is 0 Å². The van der Waals surface area contributed by atoms with E-state index >= 15 is 0 Å². The maximum atomic E-state index is 11.8. The standard InChI is InChI=1S/C11H16N2O/c1-11(2)7-8(11)9(14)6-10-12-4-5-13(10)3/h4-5,8H,6-7H2,1-3H3. The van der Waals surface area contributed by atoms with E-state index in [0.717, 1.165) is 12.2 Å². The molecule has 0 amide bonds. The first kappa shape index (κ1) is 9.44. The third kappa shape index (κ3) is 1.59. The topological polar surface area (TPSA) is 34.9 Å². The highest BCUT2D eigenvalue weighted by atomic mass is 16.1. The van der Waals surface area contributed by atoms with Gasteiger partial charge in [-0.3, -0.25) is 4.79 Å². The van der Waals surface area contributed by atoms with Crippen molar-refractivity contribution in [1.82, 2.24) is 9.55 Å². The Morgan fingerprint density at radius 2 is 2.36 bits per heavy atom. The fourth-order valence-electron chi connectivity index (χ4n) is 1.86. The number of Topliss-reactive ketones (excluding diaryl/α,β-unsaturated/α-hetero) is 1. The van der Waals surface area contributed by atoms with E-state index in [1.165, 1.54) is 0 Å². The van der Waals surface area contributed by atoms with Crippen molar-refractivity contribution in [2.75, 3.05) is 0 Å². The van der Waals surface area contributed by atoms with Crippen LogP contribution in [0.2, 0.25) is 0 Å². The molecule has 0 aromatic carbocycles. The van der Waals surface area contributed by atoms with Crippen molar-refractivity contribution in [1.29, 1.82) is 0 Å². The second-order valence-corrected chi connectivity index (χ2v) is 4.84. The maximum Gasteiger partial charge on any atom is 0.144 e. The van der Waals surface area contributed by atoms with Crippen LogP contribution < -0.4 is 0 Å². The SMILES string of the molecule is Cn1ccnc1CC(=O)C1CC1(C)C. The Hall–Kier alpha value is -1.12. The molecule has 0 aliphatic heterocycles. The van der Waals surface area contributed by atoms with Crippen molar-refractivity contribution in [3.8, 4) is 0 Å². The van der Waals surface area contributed by atoms with Crippen LogP contribution in [0.5, 0.6) is 0 Å². The zero-order valence-electron chi connectivity index (χ0n) is 8.95. The van der Waals surface area contributed by atoms with Gasteiger partial charge in [0.2, 0.25) is 0 Å². The molecule has 0 spiro atoms. The van der Waals surface area contributed by atoms with Crippen LogP contribution in [0.15, 0.2) is 12.4 Å². The van der Waals surface area contributed by atoms with Crippen LogP contribution in [0.1, 0.15) is 26.1 Å². The number of aromatic nitrogens is 2. The summed E-state index contributed by atoms with van der Waals surface area (Å²) in [7, 11) is 1.92. The first-order valence-electron chi connectivity index (χ1n) is 4.99. The number of rotatable bonds is 3. The van der Waals surface area contributed by atoms with Gasteiger partial charge in [0.25, 0.3) is 0 Å². The number of ketones is 1. The molecular weight excluding hydrogens is 176 g/mol. The zero-order valence-corrected chi connectivity index (χ0v) is 8.95. The molecule has 0 N–H and O–H groups in total. The third-order valence-corrected chi connectivity index (χ3v) is 3.16. The highest BCUT2D eigenvalue weighted by Gasteiger charge is 2.49. The summed E-state index contributed by atoms with van der Waals surface area (Å²) in [5.74, 6) is 1.47. The summed E-state index contributed by atoms with van der Waals surface area (Å²) in [6.45, 7) is 4.29. The van der Waals surface area contributed by atoms with Crippen molar-refractivity contribution in [2.24, 2.45) is 18.4 Å². The first-order chi connectivity index (χ1) is 6.50. The number of imidazole rings is 1. The molecule has 14 heavy (non-hydrogen) atoms. The molecule has 0 bridgehead atoms. The van der Waals surface area contributed by atoms with Crippen LogP contribution in [0.4, 0.5) is 0 Å². The molecule has 1 saturated carbocycles. The minimum absolute atomic E-state index is 0.238. The van der Waals surface area contributed by atoms with Crippen molar-refractivity contribution in [2.45, 2.75) is 26.7 Å². The molecule has 3 nitrogen and oxygen atoms in total. The molecule has 1 aliphatic rings. The zero-order chi connectivity index (χ0) is 10.3. The second kappa shape index (κ2) is 2.94. The van der Waals surface area contributed by atoms with Gasteiger partial charge in [-0.2, -0.15) is 0 Å². The van der Waals surface area contributed by atoms with Crippen LogP contribution in [0.25, 0.3) is 0 Å². The lowest BCUT2D eigenvalue weighted by Crippen LogP contribution is -2.12. The summed E-state index contributed by atoms with van der Waals surface area (Å²) in [4.78, 5) is 15.9. The van der Waals surface area contributed by atoms with Crippen LogP contribution >= 0.6 is 0 Å².